The third-order valence-corrected chi connectivity index (χ3v) is 5.59. The number of thiophene rings is 1. The number of aryl methyl sites for hydroxylation is 1. The van der Waals surface area contributed by atoms with Gasteiger partial charge in [0.2, 0.25) is 0 Å². The first-order chi connectivity index (χ1) is 9.42. The summed E-state index contributed by atoms with van der Waals surface area (Å²) >= 11 is 1.18. The Kier molecular flexibility index (Phi) is 4.05. The maximum atomic E-state index is 12.1. The second-order valence-corrected chi connectivity index (χ2v) is 7.02. The van der Waals surface area contributed by atoms with Crippen molar-refractivity contribution in [1.29, 1.82) is 0 Å². The van der Waals surface area contributed by atoms with Crippen LogP contribution in [0.2, 0.25) is 0 Å². The first-order valence-electron chi connectivity index (χ1n) is 5.72. The van der Waals surface area contributed by atoms with Gasteiger partial charge in [-0.2, -0.15) is 0 Å². The lowest BCUT2D eigenvalue weighted by Crippen LogP contribution is -2.12. The molecule has 20 heavy (non-hydrogen) atoms. The van der Waals surface area contributed by atoms with Gasteiger partial charge in [0.25, 0.3) is 10.0 Å². The quantitative estimate of drug-likeness (QED) is 0.882. The van der Waals surface area contributed by atoms with E-state index in [9.17, 15) is 13.2 Å². The van der Waals surface area contributed by atoms with E-state index in [1.165, 1.54) is 29.7 Å². The van der Waals surface area contributed by atoms with Crippen molar-refractivity contribution in [3.63, 3.8) is 0 Å². The van der Waals surface area contributed by atoms with Gasteiger partial charge in [0.05, 0.1) is 17.4 Å². The average molecular weight is 312 g/mol. The molecule has 0 spiro atoms. The third-order valence-electron chi connectivity index (χ3n) is 2.49. The molecule has 0 atom stereocenters. The van der Waals surface area contributed by atoms with Crippen molar-refractivity contribution in [2.75, 3.05) is 4.72 Å². The Morgan fingerprint density at radius 2 is 2.15 bits per heavy atom. The lowest BCUT2D eigenvalue weighted by molar-refractivity contribution is 0.0696. The molecule has 2 N–H and O–H groups in total. The van der Waals surface area contributed by atoms with Gasteiger partial charge in [0.15, 0.2) is 0 Å². The van der Waals surface area contributed by atoms with E-state index in [4.69, 9.17) is 5.11 Å². The van der Waals surface area contributed by atoms with E-state index in [0.717, 1.165) is 17.5 Å². The fourth-order valence-electron chi connectivity index (χ4n) is 1.51. The second kappa shape index (κ2) is 5.59. The molecule has 2 rings (SSSR count). The Bertz CT molecular complexity index is 737. The normalized spacial score (nSPS) is 11.2. The van der Waals surface area contributed by atoms with E-state index in [1.54, 1.807) is 6.07 Å². The summed E-state index contributed by atoms with van der Waals surface area (Å²) in [5.74, 6) is -1.16. The highest BCUT2D eigenvalue weighted by atomic mass is 32.2. The summed E-state index contributed by atoms with van der Waals surface area (Å²) in [6, 6.07) is 4.51. The number of hydrogen-bond acceptors (Lipinski definition) is 5. The van der Waals surface area contributed by atoms with Crippen molar-refractivity contribution in [2.24, 2.45) is 0 Å². The number of aromatic carboxylic acids is 1. The fourth-order valence-corrected chi connectivity index (χ4v) is 3.84. The Morgan fingerprint density at radius 1 is 1.40 bits per heavy atom. The maximum absolute atomic E-state index is 12.1. The van der Waals surface area contributed by atoms with Crippen LogP contribution in [-0.2, 0) is 16.4 Å². The zero-order valence-corrected chi connectivity index (χ0v) is 12.2. The van der Waals surface area contributed by atoms with Gasteiger partial charge in [-0.15, -0.1) is 11.3 Å². The molecule has 0 aliphatic carbocycles. The van der Waals surface area contributed by atoms with E-state index in [1.807, 2.05) is 6.92 Å². The van der Waals surface area contributed by atoms with E-state index in [2.05, 4.69) is 9.71 Å². The number of pyridine rings is 1. The highest BCUT2D eigenvalue weighted by molar-refractivity contribution is 7.94. The van der Waals surface area contributed by atoms with Gasteiger partial charge in [0.1, 0.15) is 4.21 Å². The SMILES string of the molecule is CCc1ccc(S(=O)(=O)Nc2cncc(C(=O)O)c2)s1. The van der Waals surface area contributed by atoms with Crippen LogP contribution in [0.1, 0.15) is 22.2 Å². The molecule has 0 aliphatic heterocycles. The van der Waals surface area contributed by atoms with Crippen molar-refractivity contribution in [3.8, 4) is 0 Å². The molecule has 0 saturated heterocycles. The summed E-state index contributed by atoms with van der Waals surface area (Å²) in [4.78, 5) is 15.5. The van der Waals surface area contributed by atoms with Gasteiger partial charge in [0, 0.05) is 11.1 Å². The first-order valence-corrected chi connectivity index (χ1v) is 8.02. The van der Waals surface area contributed by atoms with Crippen molar-refractivity contribution < 1.29 is 18.3 Å². The predicted molar refractivity (Wildman–Crippen MR) is 75.7 cm³/mol. The summed E-state index contributed by atoms with van der Waals surface area (Å²) < 4.78 is 26.8. The van der Waals surface area contributed by atoms with E-state index < -0.39 is 16.0 Å². The molecular formula is C12H12N2O4S2. The molecule has 0 unspecified atom stereocenters. The van der Waals surface area contributed by atoms with Gasteiger partial charge in [-0.25, -0.2) is 13.2 Å². The zero-order valence-electron chi connectivity index (χ0n) is 10.5. The minimum absolute atomic E-state index is 0.0781. The molecule has 0 aromatic carbocycles. The summed E-state index contributed by atoms with van der Waals surface area (Å²) in [6.07, 6.45) is 3.18. The largest absolute Gasteiger partial charge is 0.478 e. The number of nitrogens with zero attached hydrogens (tertiary/aromatic N) is 1. The van der Waals surface area contributed by atoms with Crippen LogP contribution in [0.3, 0.4) is 0 Å². The van der Waals surface area contributed by atoms with Gasteiger partial charge in [-0.3, -0.25) is 9.71 Å². The summed E-state index contributed by atoms with van der Waals surface area (Å²) in [5.41, 5.74) is 0.0435. The van der Waals surface area contributed by atoms with Crippen LogP contribution >= 0.6 is 11.3 Å². The number of sulfonamides is 1. The van der Waals surface area contributed by atoms with Gasteiger partial charge < -0.3 is 5.11 Å². The Hall–Kier alpha value is -1.93. The Morgan fingerprint density at radius 3 is 2.75 bits per heavy atom. The molecule has 2 aromatic rings. The minimum Gasteiger partial charge on any atom is -0.478 e. The number of nitrogens with one attached hydrogen (secondary N) is 1. The van der Waals surface area contributed by atoms with Crippen molar-refractivity contribution >= 4 is 33.0 Å². The molecule has 8 heteroatoms. The molecule has 0 fully saturated rings. The van der Waals surface area contributed by atoms with Crippen LogP contribution in [-0.4, -0.2) is 24.5 Å². The van der Waals surface area contributed by atoms with E-state index in [-0.39, 0.29) is 15.5 Å². The second-order valence-electron chi connectivity index (χ2n) is 3.95. The predicted octanol–water partition coefficient (Wildman–Crippen LogP) is 2.20. The van der Waals surface area contributed by atoms with E-state index >= 15 is 0 Å². The lowest BCUT2D eigenvalue weighted by Gasteiger charge is -2.06. The first kappa shape index (κ1) is 14.5. The molecule has 0 amide bonds. The van der Waals surface area contributed by atoms with E-state index in [0.29, 0.717) is 0 Å². The number of carbonyl (C=O) groups is 1. The summed E-state index contributed by atoms with van der Waals surface area (Å²) in [7, 11) is -3.71. The number of carboxylic acid groups (broad SMARTS) is 1. The third kappa shape index (κ3) is 3.14. The van der Waals surface area contributed by atoms with Crippen LogP contribution < -0.4 is 4.72 Å². The van der Waals surface area contributed by atoms with Crippen LogP contribution in [0.5, 0.6) is 0 Å². The average Bonchev–Trinajstić information content (AvgIpc) is 2.88. The molecule has 0 saturated carbocycles. The molecule has 2 aromatic heterocycles. The summed E-state index contributed by atoms with van der Waals surface area (Å²) in [5, 5.41) is 8.84. The van der Waals surface area contributed by atoms with Gasteiger partial charge >= 0.3 is 5.97 Å². The standard InChI is InChI=1S/C12H12N2O4S2/c1-2-10-3-4-11(19-10)20(17,18)14-9-5-8(12(15)16)6-13-7-9/h3-7,14H,2H2,1H3,(H,15,16). The van der Waals surface area contributed by atoms with Gasteiger partial charge in [-0.05, 0) is 24.6 Å². The molecule has 0 radical (unpaired) electrons. The number of rotatable bonds is 5. The number of aromatic nitrogens is 1. The molecule has 0 bridgehead atoms. The lowest BCUT2D eigenvalue weighted by atomic mass is 10.3. The van der Waals surface area contributed by atoms with Crippen LogP contribution in [0.4, 0.5) is 5.69 Å². The monoisotopic (exact) mass is 312 g/mol. The molecule has 0 aliphatic rings. The molecule has 2 heterocycles. The summed E-state index contributed by atoms with van der Waals surface area (Å²) in [6.45, 7) is 1.94. The molecule has 6 nitrogen and oxygen atoms in total. The van der Waals surface area contributed by atoms with Crippen molar-refractivity contribution in [1.82, 2.24) is 4.98 Å². The zero-order chi connectivity index (χ0) is 14.8. The highest BCUT2D eigenvalue weighted by Gasteiger charge is 2.17. The maximum Gasteiger partial charge on any atom is 0.337 e. The number of carboxylic acids is 1. The van der Waals surface area contributed by atoms with Crippen molar-refractivity contribution in [3.05, 3.63) is 41.0 Å². The Labute approximate surface area is 120 Å². The highest BCUT2D eigenvalue weighted by Crippen LogP contribution is 2.24. The molecule has 106 valence electrons. The smallest absolute Gasteiger partial charge is 0.337 e. The number of anilines is 1. The fraction of sp³-hybridized carbons (Fsp3) is 0.167. The van der Waals surface area contributed by atoms with Crippen LogP contribution in [0, 0.1) is 0 Å². The van der Waals surface area contributed by atoms with Gasteiger partial charge in [-0.1, -0.05) is 6.92 Å². The topological polar surface area (TPSA) is 96.4 Å². The van der Waals surface area contributed by atoms with Crippen molar-refractivity contribution in [2.45, 2.75) is 17.6 Å². The molecular weight excluding hydrogens is 300 g/mol. The Balaban J connectivity index is 2.28. The van der Waals surface area contributed by atoms with Crippen LogP contribution in [0.25, 0.3) is 0 Å². The number of hydrogen-bond donors (Lipinski definition) is 2. The minimum atomic E-state index is -3.71. The van der Waals surface area contributed by atoms with Crippen LogP contribution in [0.15, 0.2) is 34.8 Å².